The fourth-order valence-electron chi connectivity index (χ4n) is 1.32. The van der Waals surface area contributed by atoms with Crippen LogP contribution in [0.25, 0.3) is 0 Å². The van der Waals surface area contributed by atoms with E-state index >= 15 is 0 Å². The van der Waals surface area contributed by atoms with Gasteiger partial charge in [-0.05, 0) is 13.8 Å². The van der Waals surface area contributed by atoms with E-state index < -0.39 is 23.4 Å². The maximum Gasteiger partial charge on any atom is 0.434 e. The first kappa shape index (κ1) is 13.3. The van der Waals surface area contributed by atoms with Crippen LogP contribution in [0, 0.1) is 6.92 Å². The second kappa shape index (κ2) is 4.60. The van der Waals surface area contributed by atoms with Gasteiger partial charge in [-0.2, -0.15) is 13.2 Å². The number of aromatic nitrogens is 1. The zero-order valence-electron chi connectivity index (χ0n) is 9.13. The summed E-state index contributed by atoms with van der Waals surface area (Å²) in [6.07, 6.45) is -4.83. The van der Waals surface area contributed by atoms with Crippen molar-refractivity contribution in [1.29, 1.82) is 0 Å². The lowest BCUT2D eigenvalue weighted by Crippen LogP contribution is -2.17. The maximum atomic E-state index is 12.6. The molecule has 0 spiro atoms. The average molecular weight is 249 g/mol. The van der Waals surface area contributed by atoms with Crippen LogP contribution in [0.5, 0.6) is 5.75 Å². The van der Waals surface area contributed by atoms with Crippen molar-refractivity contribution in [2.45, 2.75) is 20.0 Å². The van der Waals surface area contributed by atoms with Crippen molar-refractivity contribution < 1.29 is 27.8 Å². The Bertz CT molecular complexity index is 443. The van der Waals surface area contributed by atoms with Gasteiger partial charge in [0.25, 0.3) is 0 Å². The molecule has 0 saturated carbocycles. The van der Waals surface area contributed by atoms with E-state index in [9.17, 15) is 18.0 Å². The average Bonchev–Trinajstić information content (AvgIpc) is 2.15. The molecule has 0 unspecified atom stereocenters. The number of hydrogen-bond donors (Lipinski definition) is 1. The summed E-state index contributed by atoms with van der Waals surface area (Å²) in [5.74, 6) is -2.03. The molecule has 0 saturated heterocycles. The fourth-order valence-corrected chi connectivity index (χ4v) is 1.32. The van der Waals surface area contributed by atoms with E-state index in [2.05, 4.69) is 4.98 Å². The summed E-state index contributed by atoms with van der Waals surface area (Å²) in [6, 6.07) is 1.17. The molecule has 0 aliphatic carbocycles. The van der Waals surface area contributed by atoms with Gasteiger partial charge in [0.2, 0.25) is 0 Å². The molecule has 0 amide bonds. The summed E-state index contributed by atoms with van der Waals surface area (Å²) in [5, 5.41) is 8.81. The molecule has 1 aromatic rings. The standard InChI is InChI=1S/C10H10F3NO3/c1-3-17-6-4-5(2)14-8(10(11,12)13)7(6)9(15)16/h4H,3H2,1-2H3,(H,15,16). The van der Waals surface area contributed by atoms with E-state index in [1.54, 1.807) is 6.92 Å². The third kappa shape index (κ3) is 2.86. The molecule has 1 rings (SSSR count). The molecule has 1 aromatic heterocycles. The summed E-state index contributed by atoms with van der Waals surface area (Å²) in [6.45, 7) is 2.96. The molecule has 17 heavy (non-hydrogen) atoms. The molecular formula is C10H10F3NO3. The SMILES string of the molecule is CCOc1cc(C)nc(C(F)(F)F)c1C(=O)O. The third-order valence-electron chi connectivity index (χ3n) is 1.89. The van der Waals surface area contributed by atoms with E-state index in [4.69, 9.17) is 9.84 Å². The van der Waals surface area contributed by atoms with Crippen molar-refractivity contribution in [1.82, 2.24) is 4.98 Å². The van der Waals surface area contributed by atoms with Gasteiger partial charge in [0.15, 0.2) is 5.69 Å². The molecule has 94 valence electrons. The van der Waals surface area contributed by atoms with Crippen molar-refractivity contribution in [2.75, 3.05) is 6.61 Å². The number of aryl methyl sites for hydroxylation is 1. The zero-order valence-corrected chi connectivity index (χ0v) is 9.13. The van der Waals surface area contributed by atoms with Gasteiger partial charge in [0.05, 0.1) is 6.61 Å². The number of carboxylic acid groups (broad SMARTS) is 1. The summed E-state index contributed by atoms with van der Waals surface area (Å²) >= 11 is 0. The van der Waals surface area contributed by atoms with E-state index in [0.29, 0.717) is 0 Å². The first-order valence-corrected chi connectivity index (χ1v) is 4.72. The molecule has 0 radical (unpaired) electrons. The van der Waals surface area contributed by atoms with Crippen LogP contribution in [0.2, 0.25) is 0 Å². The number of nitrogens with zero attached hydrogens (tertiary/aromatic N) is 1. The van der Waals surface area contributed by atoms with Gasteiger partial charge in [-0.3, -0.25) is 0 Å². The molecule has 1 heterocycles. The second-order valence-corrected chi connectivity index (χ2v) is 3.22. The quantitative estimate of drug-likeness (QED) is 0.894. The van der Waals surface area contributed by atoms with Gasteiger partial charge >= 0.3 is 12.1 Å². The van der Waals surface area contributed by atoms with Crippen molar-refractivity contribution in [3.05, 3.63) is 23.0 Å². The van der Waals surface area contributed by atoms with Crippen LogP contribution in [0.1, 0.15) is 28.7 Å². The number of aromatic carboxylic acids is 1. The molecule has 0 aliphatic heterocycles. The maximum absolute atomic E-state index is 12.6. The zero-order chi connectivity index (χ0) is 13.2. The van der Waals surface area contributed by atoms with Crippen LogP contribution in [0.15, 0.2) is 6.07 Å². The van der Waals surface area contributed by atoms with Gasteiger partial charge in [0, 0.05) is 11.8 Å². The summed E-state index contributed by atoms with van der Waals surface area (Å²) in [7, 11) is 0. The first-order chi connectivity index (χ1) is 7.77. The highest BCUT2D eigenvalue weighted by Crippen LogP contribution is 2.35. The molecule has 0 bridgehead atoms. The minimum Gasteiger partial charge on any atom is -0.493 e. The number of carbonyl (C=O) groups is 1. The predicted molar refractivity (Wildman–Crippen MR) is 52.1 cm³/mol. The van der Waals surface area contributed by atoms with Gasteiger partial charge in [-0.25, -0.2) is 9.78 Å². The molecule has 0 atom stereocenters. The van der Waals surface area contributed by atoms with E-state index in [0.717, 1.165) is 0 Å². The summed E-state index contributed by atoms with van der Waals surface area (Å²) in [5.41, 5.74) is -2.34. The Morgan fingerprint density at radius 2 is 2.12 bits per heavy atom. The minimum atomic E-state index is -4.83. The summed E-state index contributed by atoms with van der Waals surface area (Å²) < 4.78 is 42.8. The molecule has 4 nitrogen and oxygen atoms in total. The lowest BCUT2D eigenvalue weighted by atomic mass is 10.1. The smallest absolute Gasteiger partial charge is 0.434 e. The predicted octanol–water partition coefficient (Wildman–Crippen LogP) is 2.51. The van der Waals surface area contributed by atoms with Gasteiger partial charge in [-0.15, -0.1) is 0 Å². The Kier molecular flexibility index (Phi) is 3.59. The molecule has 7 heteroatoms. The Labute approximate surface area is 95.0 Å². The van der Waals surface area contributed by atoms with Crippen LogP contribution >= 0.6 is 0 Å². The van der Waals surface area contributed by atoms with Crippen LogP contribution in [0.4, 0.5) is 13.2 Å². The molecular weight excluding hydrogens is 239 g/mol. The van der Waals surface area contributed by atoms with Gasteiger partial charge < -0.3 is 9.84 Å². The highest BCUT2D eigenvalue weighted by molar-refractivity contribution is 5.92. The van der Waals surface area contributed by atoms with Crippen LogP contribution in [-0.2, 0) is 6.18 Å². The van der Waals surface area contributed by atoms with Crippen molar-refractivity contribution >= 4 is 5.97 Å². The highest BCUT2D eigenvalue weighted by atomic mass is 19.4. The van der Waals surface area contributed by atoms with Crippen molar-refractivity contribution in [3.63, 3.8) is 0 Å². The topological polar surface area (TPSA) is 59.4 Å². The molecule has 1 N–H and O–H groups in total. The Morgan fingerprint density at radius 1 is 1.53 bits per heavy atom. The van der Waals surface area contributed by atoms with Crippen LogP contribution in [-0.4, -0.2) is 22.7 Å². The number of carboxylic acids is 1. The monoisotopic (exact) mass is 249 g/mol. The number of halogens is 3. The fraction of sp³-hybridized carbons (Fsp3) is 0.400. The number of ether oxygens (including phenoxy) is 1. The summed E-state index contributed by atoms with van der Waals surface area (Å²) in [4.78, 5) is 14.1. The Morgan fingerprint density at radius 3 is 2.53 bits per heavy atom. The van der Waals surface area contributed by atoms with Crippen LogP contribution < -0.4 is 4.74 Å². The number of hydrogen-bond acceptors (Lipinski definition) is 3. The van der Waals surface area contributed by atoms with Crippen LogP contribution in [0.3, 0.4) is 0 Å². The molecule has 0 fully saturated rings. The van der Waals surface area contributed by atoms with Gasteiger partial charge in [-0.1, -0.05) is 0 Å². The van der Waals surface area contributed by atoms with E-state index in [-0.39, 0.29) is 18.1 Å². The number of pyridine rings is 1. The van der Waals surface area contributed by atoms with Crippen molar-refractivity contribution in [3.8, 4) is 5.75 Å². The minimum absolute atomic E-state index is 0.0470. The number of alkyl halides is 3. The largest absolute Gasteiger partial charge is 0.493 e. The Hall–Kier alpha value is -1.79. The van der Waals surface area contributed by atoms with E-state index in [1.165, 1.54) is 13.0 Å². The lowest BCUT2D eigenvalue weighted by Gasteiger charge is -2.14. The highest BCUT2D eigenvalue weighted by Gasteiger charge is 2.39. The van der Waals surface area contributed by atoms with Crippen molar-refractivity contribution in [2.24, 2.45) is 0 Å². The van der Waals surface area contributed by atoms with E-state index in [1.807, 2.05) is 0 Å². The first-order valence-electron chi connectivity index (χ1n) is 4.72. The normalized spacial score (nSPS) is 11.4. The third-order valence-corrected chi connectivity index (χ3v) is 1.89. The lowest BCUT2D eigenvalue weighted by molar-refractivity contribution is -0.141. The Balaban J connectivity index is 3.52. The van der Waals surface area contributed by atoms with Gasteiger partial charge in [0.1, 0.15) is 11.3 Å². The second-order valence-electron chi connectivity index (χ2n) is 3.22. The molecule has 0 aromatic carbocycles. The molecule has 0 aliphatic rings. The number of rotatable bonds is 3.